The number of aliphatic carboxylic acids is 1. The SMILES string of the molecule is COc1ccc(C(c2cnc3ccccc3c2)N2CCCC2C(=O)O)cc1OC. The van der Waals surface area contributed by atoms with Crippen molar-refractivity contribution in [1.29, 1.82) is 0 Å². The Kier molecular flexibility index (Phi) is 5.36. The van der Waals surface area contributed by atoms with E-state index in [2.05, 4.69) is 16.0 Å². The van der Waals surface area contributed by atoms with Crippen LogP contribution in [0.1, 0.15) is 30.0 Å². The summed E-state index contributed by atoms with van der Waals surface area (Å²) in [6, 6.07) is 15.0. The highest BCUT2D eigenvalue weighted by Crippen LogP contribution is 2.39. The first-order chi connectivity index (χ1) is 14.1. The molecule has 4 rings (SSSR count). The zero-order chi connectivity index (χ0) is 20.4. The summed E-state index contributed by atoms with van der Waals surface area (Å²) in [4.78, 5) is 18.6. The van der Waals surface area contributed by atoms with E-state index in [1.807, 2.05) is 48.7 Å². The second kappa shape index (κ2) is 8.09. The largest absolute Gasteiger partial charge is 0.493 e. The summed E-state index contributed by atoms with van der Waals surface area (Å²) in [5, 5.41) is 10.8. The topological polar surface area (TPSA) is 71.9 Å². The normalized spacial score (nSPS) is 17.9. The first-order valence-corrected chi connectivity index (χ1v) is 9.67. The van der Waals surface area contributed by atoms with E-state index < -0.39 is 12.0 Å². The average molecular weight is 392 g/mol. The quantitative estimate of drug-likeness (QED) is 0.686. The highest BCUT2D eigenvalue weighted by atomic mass is 16.5. The molecule has 1 fully saturated rings. The molecule has 2 atom stereocenters. The standard InChI is InChI=1S/C23H24N2O4/c1-28-20-10-9-16(13-21(20)29-2)22(25-11-5-8-19(25)23(26)27)17-12-15-6-3-4-7-18(15)24-14-17/h3-4,6-7,9-10,12-14,19,22H,5,8,11H2,1-2H3,(H,26,27). The van der Waals surface area contributed by atoms with Gasteiger partial charge in [0, 0.05) is 18.1 Å². The van der Waals surface area contributed by atoms with E-state index in [1.54, 1.807) is 14.2 Å². The van der Waals surface area contributed by atoms with Crippen LogP contribution in [0.3, 0.4) is 0 Å². The van der Waals surface area contributed by atoms with E-state index in [4.69, 9.17) is 9.47 Å². The van der Waals surface area contributed by atoms with E-state index in [0.29, 0.717) is 24.5 Å². The molecule has 3 aromatic rings. The molecule has 2 aromatic carbocycles. The predicted molar refractivity (Wildman–Crippen MR) is 110 cm³/mol. The van der Waals surface area contributed by atoms with E-state index in [-0.39, 0.29) is 6.04 Å². The number of fused-ring (bicyclic) bond motifs is 1. The second-order valence-corrected chi connectivity index (χ2v) is 7.21. The molecule has 29 heavy (non-hydrogen) atoms. The first kappa shape index (κ1) is 19.2. The molecule has 0 amide bonds. The lowest BCUT2D eigenvalue weighted by Gasteiger charge is -2.32. The van der Waals surface area contributed by atoms with Gasteiger partial charge in [-0.2, -0.15) is 0 Å². The molecule has 0 radical (unpaired) electrons. The van der Waals surface area contributed by atoms with Crippen LogP contribution >= 0.6 is 0 Å². The van der Waals surface area contributed by atoms with Gasteiger partial charge >= 0.3 is 5.97 Å². The minimum absolute atomic E-state index is 0.240. The van der Waals surface area contributed by atoms with Gasteiger partial charge in [-0.3, -0.25) is 14.7 Å². The predicted octanol–water partition coefficient (Wildman–Crippen LogP) is 3.89. The van der Waals surface area contributed by atoms with E-state index in [1.165, 1.54) is 0 Å². The van der Waals surface area contributed by atoms with Crippen molar-refractivity contribution in [3.05, 3.63) is 65.9 Å². The number of likely N-dealkylation sites (tertiary alicyclic amines) is 1. The van der Waals surface area contributed by atoms with Crippen LogP contribution in [-0.2, 0) is 4.79 Å². The van der Waals surface area contributed by atoms with Crippen molar-refractivity contribution in [3.8, 4) is 11.5 Å². The number of carbonyl (C=O) groups is 1. The van der Waals surface area contributed by atoms with Gasteiger partial charge in [-0.15, -0.1) is 0 Å². The Morgan fingerprint density at radius 2 is 1.90 bits per heavy atom. The monoisotopic (exact) mass is 392 g/mol. The number of para-hydroxylation sites is 1. The maximum Gasteiger partial charge on any atom is 0.320 e. The molecule has 6 heteroatoms. The van der Waals surface area contributed by atoms with Crippen molar-refractivity contribution in [2.24, 2.45) is 0 Å². The molecule has 0 saturated carbocycles. The summed E-state index contributed by atoms with van der Waals surface area (Å²) in [7, 11) is 3.20. The molecular weight excluding hydrogens is 368 g/mol. The summed E-state index contributed by atoms with van der Waals surface area (Å²) in [6.45, 7) is 0.711. The Morgan fingerprint density at radius 3 is 2.66 bits per heavy atom. The smallest absolute Gasteiger partial charge is 0.320 e. The number of aromatic nitrogens is 1. The van der Waals surface area contributed by atoms with Gasteiger partial charge < -0.3 is 14.6 Å². The van der Waals surface area contributed by atoms with Crippen molar-refractivity contribution in [2.75, 3.05) is 20.8 Å². The third kappa shape index (κ3) is 3.63. The fourth-order valence-corrected chi connectivity index (χ4v) is 4.20. The third-order valence-electron chi connectivity index (χ3n) is 5.56. The molecule has 6 nitrogen and oxygen atoms in total. The zero-order valence-corrected chi connectivity index (χ0v) is 16.5. The molecule has 2 heterocycles. The molecule has 1 aliphatic heterocycles. The van der Waals surface area contributed by atoms with Crippen molar-refractivity contribution in [1.82, 2.24) is 9.88 Å². The van der Waals surface area contributed by atoms with Crippen LogP contribution in [0.2, 0.25) is 0 Å². The van der Waals surface area contributed by atoms with E-state index in [0.717, 1.165) is 28.5 Å². The molecule has 0 spiro atoms. The number of hydrogen-bond donors (Lipinski definition) is 1. The lowest BCUT2D eigenvalue weighted by atomic mass is 9.96. The Morgan fingerprint density at radius 1 is 1.10 bits per heavy atom. The molecule has 1 aromatic heterocycles. The molecule has 1 saturated heterocycles. The van der Waals surface area contributed by atoms with E-state index >= 15 is 0 Å². The molecule has 0 aliphatic carbocycles. The molecule has 150 valence electrons. The number of nitrogens with zero attached hydrogens (tertiary/aromatic N) is 2. The Hall–Kier alpha value is -3.12. The summed E-state index contributed by atoms with van der Waals surface area (Å²) >= 11 is 0. The maximum absolute atomic E-state index is 11.9. The van der Waals surface area contributed by atoms with Gasteiger partial charge in [0.25, 0.3) is 0 Å². The third-order valence-corrected chi connectivity index (χ3v) is 5.56. The highest BCUT2D eigenvalue weighted by molar-refractivity contribution is 5.79. The van der Waals surface area contributed by atoms with Gasteiger partial charge in [0.15, 0.2) is 11.5 Å². The number of ether oxygens (including phenoxy) is 2. The second-order valence-electron chi connectivity index (χ2n) is 7.21. The zero-order valence-electron chi connectivity index (χ0n) is 16.5. The number of pyridine rings is 1. The lowest BCUT2D eigenvalue weighted by Crippen LogP contribution is -2.39. The molecular formula is C23H24N2O4. The van der Waals surface area contributed by atoms with Crippen LogP contribution in [-0.4, -0.2) is 47.8 Å². The Balaban J connectivity index is 1.86. The lowest BCUT2D eigenvalue weighted by molar-refractivity contribution is -0.142. The number of rotatable bonds is 6. The Labute approximate surface area is 169 Å². The summed E-state index contributed by atoms with van der Waals surface area (Å²) in [5.41, 5.74) is 2.83. The van der Waals surface area contributed by atoms with Gasteiger partial charge in [-0.1, -0.05) is 24.3 Å². The first-order valence-electron chi connectivity index (χ1n) is 9.67. The van der Waals surface area contributed by atoms with Crippen LogP contribution < -0.4 is 9.47 Å². The summed E-state index contributed by atoms with van der Waals surface area (Å²) < 4.78 is 10.9. The van der Waals surface area contributed by atoms with Crippen molar-refractivity contribution < 1.29 is 19.4 Å². The fraction of sp³-hybridized carbons (Fsp3) is 0.304. The summed E-state index contributed by atoms with van der Waals surface area (Å²) in [5.74, 6) is 0.472. The van der Waals surface area contributed by atoms with Gasteiger partial charge in [-0.05, 0) is 48.2 Å². The molecule has 2 unspecified atom stereocenters. The minimum atomic E-state index is -0.790. The van der Waals surface area contributed by atoms with Crippen LogP contribution in [0.25, 0.3) is 10.9 Å². The number of carboxylic acids is 1. The maximum atomic E-state index is 11.9. The fourth-order valence-electron chi connectivity index (χ4n) is 4.20. The summed E-state index contributed by atoms with van der Waals surface area (Å²) in [6.07, 6.45) is 3.34. The van der Waals surface area contributed by atoms with Crippen LogP contribution in [0.4, 0.5) is 0 Å². The number of methoxy groups -OCH3 is 2. The van der Waals surface area contributed by atoms with Gasteiger partial charge in [-0.25, -0.2) is 0 Å². The van der Waals surface area contributed by atoms with Crippen LogP contribution in [0.5, 0.6) is 11.5 Å². The van der Waals surface area contributed by atoms with Gasteiger partial charge in [0.2, 0.25) is 0 Å². The molecule has 0 bridgehead atoms. The highest BCUT2D eigenvalue weighted by Gasteiger charge is 2.37. The Bertz CT molecular complexity index is 1040. The number of hydrogen-bond acceptors (Lipinski definition) is 5. The van der Waals surface area contributed by atoms with E-state index in [9.17, 15) is 9.90 Å². The van der Waals surface area contributed by atoms with Crippen molar-refractivity contribution in [2.45, 2.75) is 24.9 Å². The number of benzene rings is 2. The molecule has 1 N–H and O–H groups in total. The van der Waals surface area contributed by atoms with Crippen LogP contribution in [0, 0.1) is 0 Å². The van der Waals surface area contributed by atoms with Crippen molar-refractivity contribution in [3.63, 3.8) is 0 Å². The van der Waals surface area contributed by atoms with Gasteiger partial charge in [0.1, 0.15) is 6.04 Å². The minimum Gasteiger partial charge on any atom is -0.493 e. The molecule has 1 aliphatic rings. The van der Waals surface area contributed by atoms with Crippen LogP contribution in [0.15, 0.2) is 54.7 Å². The number of carboxylic acid groups (broad SMARTS) is 1. The van der Waals surface area contributed by atoms with Crippen molar-refractivity contribution >= 4 is 16.9 Å². The average Bonchev–Trinajstić information content (AvgIpc) is 3.23. The van der Waals surface area contributed by atoms with Gasteiger partial charge in [0.05, 0.1) is 25.8 Å².